The molecular weight excluding hydrogens is 174 g/mol. The van der Waals surface area contributed by atoms with Crippen LogP contribution in [0.5, 0.6) is 0 Å². The number of halogens is 1. The second kappa shape index (κ2) is 2.90. The quantitative estimate of drug-likeness (QED) is 0.713. The predicted molar refractivity (Wildman–Crippen MR) is 48.2 cm³/mol. The zero-order chi connectivity index (χ0) is 8.55. The third kappa shape index (κ3) is 1.67. The lowest BCUT2D eigenvalue weighted by Gasteiger charge is -2.02. The Bertz CT molecular complexity index is 289. The number of rotatable bonds is 2. The Hall–Kier alpha value is -0.830. The first-order chi connectivity index (χ1) is 5.75. The first kappa shape index (κ1) is 7.80. The normalized spacial score (nSPS) is 26.8. The van der Waals surface area contributed by atoms with Crippen molar-refractivity contribution >= 4 is 17.4 Å². The van der Waals surface area contributed by atoms with Gasteiger partial charge in [-0.05, 0) is 30.0 Å². The van der Waals surface area contributed by atoms with Gasteiger partial charge in [0, 0.05) is 12.2 Å². The minimum atomic E-state index is 0.299. The monoisotopic (exact) mass is 183 g/mol. The highest BCUT2D eigenvalue weighted by Gasteiger charge is 2.32. The lowest BCUT2D eigenvalue weighted by Crippen LogP contribution is -2.05. The molecule has 4 heteroatoms. The molecule has 1 N–H and O–H groups in total. The van der Waals surface area contributed by atoms with Crippen molar-refractivity contribution in [3.8, 4) is 0 Å². The molecule has 1 fully saturated rings. The number of anilines is 1. The molecule has 0 aromatic carbocycles. The topological polar surface area (TPSA) is 37.8 Å². The molecule has 1 aromatic rings. The van der Waals surface area contributed by atoms with Gasteiger partial charge in [-0.1, -0.05) is 6.92 Å². The Morgan fingerprint density at radius 1 is 1.67 bits per heavy atom. The summed E-state index contributed by atoms with van der Waals surface area (Å²) in [5.41, 5.74) is 0. The molecule has 0 bridgehead atoms. The first-order valence-corrected chi connectivity index (χ1v) is 4.38. The van der Waals surface area contributed by atoms with E-state index in [9.17, 15) is 0 Å². The van der Waals surface area contributed by atoms with E-state index in [2.05, 4.69) is 22.2 Å². The summed E-state index contributed by atoms with van der Waals surface area (Å²) >= 11 is 5.62. The highest BCUT2D eigenvalue weighted by molar-refractivity contribution is 6.28. The zero-order valence-electron chi connectivity index (χ0n) is 6.79. The number of nitrogens with one attached hydrogen (secondary N) is 1. The molecule has 2 unspecified atom stereocenters. The fraction of sp³-hybridized carbons (Fsp3) is 0.500. The van der Waals surface area contributed by atoms with Crippen LogP contribution in [0.4, 0.5) is 5.82 Å². The Balaban J connectivity index is 2.03. The van der Waals surface area contributed by atoms with Crippen molar-refractivity contribution in [1.82, 2.24) is 9.97 Å². The Kier molecular flexibility index (Phi) is 1.89. The molecule has 1 heterocycles. The van der Waals surface area contributed by atoms with Crippen LogP contribution in [-0.4, -0.2) is 16.0 Å². The molecule has 0 saturated heterocycles. The van der Waals surface area contributed by atoms with Gasteiger partial charge in [-0.25, -0.2) is 9.97 Å². The van der Waals surface area contributed by atoms with Crippen molar-refractivity contribution in [2.75, 3.05) is 5.32 Å². The van der Waals surface area contributed by atoms with Gasteiger partial charge in [0.05, 0.1) is 0 Å². The van der Waals surface area contributed by atoms with E-state index in [1.807, 2.05) is 6.07 Å². The molecule has 1 saturated carbocycles. The molecule has 0 radical (unpaired) electrons. The third-order valence-electron chi connectivity index (χ3n) is 2.07. The van der Waals surface area contributed by atoms with Gasteiger partial charge in [-0.15, -0.1) is 0 Å². The summed E-state index contributed by atoms with van der Waals surface area (Å²) in [5, 5.41) is 3.57. The molecule has 64 valence electrons. The van der Waals surface area contributed by atoms with Crippen molar-refractivity contribution in [3.05, 3.63) is 17.5 Å². The predicted octanol–water partition coefficient (Wildman–Crippen LogP) is 1.95. The van der Waals surface area contributed by atoms with E-state index >= 15 is 0 Å². The van der Waals surface area contributed by atoms with Crippen LogP contribution in [-0.2, 0) is 0 Å². The average Bonchev–Trinajstić information content (AvgIpc) is 2.66. The van der Waals surface area contributed by atoms with Gasteiger partial charge in [0.15, 0.2) is 0 Å². The van der Waals surface area contributed by atoms with Crippen molar-refractivity contribution in [2.45, 2.75) is 19.4 Å². The van der Waals surface area contributed by atoms with Gasteiger partial charge in [0.25, 0.3) is 0 Å². The molecule has 1 aliphatic carbocycles. The van der Waals surface area contributed by atoms with Gasteiger partial charge < -0.3 is 5.32 Å². The lowest BCUT2D eigenvalue weighted by atomic mass is 10.4. The van der Waals surface area contributed by atoms with E-state index in [0.29, 0.717) is 11.3 Å². The van der Waals surface area contributed by atoms with Crippen LogP contribution in [0.25, 0.3) is 0 Å². The summed E-state index contributed by atoms with van der Waals surface area (Å²) < 4.78 is 0. The molecule has 2 rings (SSSR count). The minimum absolute atomic E-state index is 0.299. The van der Waals surface area contributed by atoms with Crippen LogP contribution in [0.3, 0.4) is 0 Å². The zero-order valence-corrected chi connectivity index (χ0v) is 7.54. The summed E-state index contributed by atoms with van der Waals surface area (Å²) in [7, 11) is 0. The molecule has 0 spiro atoms. The Morgan fingerprint density at radius 2 is 2.42 bits per heavy atom. The molecule has 2 atom stereocenters. The number of nitrogens with zero attached hydrogens (tertiary/aromatic N) is 2. The second-order valence-corrected chi connectivity index (χ2v) is 3.51. The van der Waals surface area contributed by atoms with Crippen molar-refractivity contribution in [1.29, 1.82) is 0 Å². The maximum absolute atomic E-state index is 5.62. The molecule has 1 aromatic heterocycles. The minimum Gasteiger partial charge on any atom is -0.367 e. The lowest BCUT2D eigenvalue weighted by molar-refractivity contribution is 0.921. The SMILES string of the molecule is CC1CC1Nc1ccnc(Cl)n1. The van der Waals surface area contributed by atoms with Crippen molar-refractivity contribution < 1.29 is 0 Å². The van der Waals surface area contributed by atoms with Crippen LogP contribution in [0.1, 0.15) is 13.3 Å². The number of aromatic nitrogens is 2. The van der Waals surface area contributed by atoms with Gasteiger partial charge in [0.2, 0.25) is 5.28 Å². The van der Waals surface area contributed by atoms with Crippen molar-refractivity contribution in [2.24, 2.45) is 5.92 Å². The van der Waals surface area contributed by atoms with Gasteiger partial charge in [-0.3, -0.25) is 0 Å². The largest absolute Gasteiger partial charge is 0.367 e. The Morgan fingerprint density at radius 3 is 3.00 bits per heavy atom. The van der Waals surface area contributed by atoms with E-state index in [-0.39, 0.29) is 0 Å². The summed E-state index contributed by atoms with van der Waals surface area (Å²) in [6, 6.07) is 2.41. The van der Waals surface area contributed by atoms with E-state index in [1.165, 1.54) is 6.42 Å². The summed E-state index contributed by atoms with van der Waals surface area (Å²) in [4.78, 5) is 7.83. The van der Waals surface area contributed by atoms with E-state index in [0.717, 1.165) is 11.7 Å². The average molecular weight is 184 g/mol. The van der Waals surface area contributed by atoms with Crippen LogP contribution in [0, 0.1) is 5.92 Å². The fourth-order valence-corrected chi connectivity index (χ4v) is 1.28. The highest BCUT2D eigenvalue weighted by Crippen LogP contribution is 2.31. The highest BCUT2D eigenvalue weighted by atomic mass is 35.5. The molecule has 0 aliphatic heterocycles. The molecule has 12 heavy (non-hydrogen) atoms. The molecule has 1 aliphatic rings. The number of hydrogen-bond donors (Lipinski definition) is 1. The summed E-state index contributed by atoms with van der Waals surface area (Å²) in [6.07, 6.45) is 2.88. The van der Waals surface area contributed by atoms with E-state index in [4.69, 9.17) is 11.6 Å². The summed E-state index contributed by atoms with van der Waals surface area (Å²) in [6.45, 7) is 2.21. The smallest absolute Gasteiger partial charge is 0.224 e. The van der Waals surface area contributed by atoms with Gasteiger partial charge in [0.1, 0.15) is 5.82 Å². The standard InChI is InChI=1S/C8H10ClN3/c1-5-4-6(5)11-7-2-3-10-8(9)12-7/h2-3,5-6H,4H2,1H3,(H,10,11,12). The second-order valence-electron chi connectivity index (χ2n) is 3.17. The van der Waals surface area contributed by atoms with E-state index < -0.39 is 0 Å². The first-order valence-electron chi connectivity index (χ1n) is 4.01. The van der Waals surface area contributed by atoms with Crippen LogP contribution in [0.15, 0.2) is 12.3 Å². The third-order valence-corrected chi connectivity index (χ3v) is 2.25. The maximum atomic E-state index is 5.62. The van der Waals surface area contributed by atoms with Gasteiger partial charge >= 0.3 is 0 Å². The molecule has 3 nitrogen and oxygen atoms in total. The molecular formula is C8H10ClN3. The van der Waals surface area contributed by atoms with Gasteiger partial charge in [-0.2, -0.15) is 0 Å². The van der Waals surface area contributed by atoms with E-state index in [1.54, 1.807) is 6.20 Å². The van der Waals surface area contributed by atoms with Crippen LogP contribution in [0.2, 0.25) is 5.28 Å². The van der Waals surface area contributed by atoms with Crippen LogP contribution < -0.4 is 5.32 Å². The Labute approximate surface area is 76.2 Å². The van der Waals surface area contributed by atoms with Crippen LogP contribution >= 0.6 is 11.6 Å². The fourth-order valence-electron chi connectivity index (χ4n) is 1.13. The summed E-state index contributed by atoms with van der Waals surface area (Å²) in [5.74, 6) is 1.59. The molecule has 0 amide bonds. The van der Waals surface area contributed by atoms with Crippen molar-refractivity contribution in [3.63, 3.8) is 0 Å². The number of hydrogen-bond acceptors (Lipinski definition) is 3. The maximum Gasteiger partial charge on any atom is 0.224 e.